The van der Waals surface area contributed by atoms with Crippen molar-refractivity contribution in [1.29, 1.82) is 0 Å². The molecule has 0 aliphatic heterocycles. The van der Waals surface area contributed by atoms with Crippen LogP contribution in [-0.4, -0.2) is 5.54 Å². The topological polar surface area (TPSA) is 26.0 Å². The largest absolute Gasteiger partial charge is 0.325 e. The minimum absolute atomic E-state index is 0.160. The lowest BCUT2D eigenvalue weighted by Crippen LogP contribution is -2.36. The van der Waals surface area contributed by atoms with Crippen LogP contribution in [0.2, 0.25) is 0 Å². The molecular weight excluding hydrogens is 134 g/mol. The zero-order valence-corrected chi connectivity index (χ0v) is 7.47. The van der Waals surface area contributed by atoms with E-state index in [-0.39, 0.29) is 5.54 Å². The number of fused-ring (bicyclic) bond motifs is 1. The molecule has 0 heterocycles. The van der Waals surface area contributed by atoms with E-state index >= 15 is 0 Å². The zero-order chi connectivity index (χ0) is 7.90. The second-order valence-electron chi connectivity index (χ2n) is 4.84. The lowest BCUT2D eigenvalue weighted by molar-refractivity contribution is 0.336. The standard InChI is InChI=1S/C10H19N/c1-10(11)5-2-3-8-7-9(8)4-6-10/h8-9H,2-7,11H2,1H3. The molecule has 0 aromatic rings. The molecule has 2 aliphatic carbocycles. The van der Waals surface area contributed by atoms with Crippen LogP contribution in [0.3, 0.4) is 0 Å². The second kappa shape index (κ2) is 2.48. The van der Waals surface area contributed by atoms with E-state index in [1.165, 1.54) is 38.5 Å². The van der Waals surface area contributed by atoms with Crippen molar-refractivity contribution in [3.63, 3.8) is 0 Å². The maximum Gasteiger partial charge on any atom is 0.0126 e. The van der Waals surface area contributed by atoms with Gasteiger partial charge in [0.05, 0.1) is 0 Å². The highest BCUT2D eigenvalue weighted by molar-refractivity contribution is 4.92. The molecule has 0 aromatic heterocycles. The van der Waals surface area contributed by atoms with Gasteiger partial charge in [-0.25, -0.2) is 0 Å². The summed E-state index contributed by atoms with van der Waals surface area (Å²) in [6.07, 6.45) is 8.24. The van der Waals surface area contributed by atoms with E-state index in [0.29, 0.717) is 0 Å². The summed E-state index contributed by atoms with van der Waals surface area (Å²) >= 11 is 0. The van der Waals surface area contributed by atoms with Crippen LogP contribution in [0.5, 0.6) is 0 Å². The van der Waals surface area contributed by atoms with E-state index in [0.717, 1.165) is 11.8 Å². The van der Waals surface area contributed by atoms with Gasteiger partial charge in [-0.15, -0.1) is 0 Å². The zero-order valence-electron chi connectivity index (χ0n) is 7.47. The van der Waals surface area contributed by atoms with E-state index in [1.54, 1.807) is 0 Å². The van der Waals surface area contributed by atoms with Gasteiger partial charge in [-0.2, -0.15) is 0 Å². The summed E-state index contributed by atoms with van der Waals surface area (Å²) in [5.74, 6) is 2.17. The van der Waals surface area contributed by atoms with Crippen molar-refractivity contribution in [1.82, 2.24) is 0 Å². The fraction of sp³-hybridized carbons (Fsp3) is 1.00. The molecule has 2 saturated carbocycles. The molecule has 0 amide bonds. The van der Waals surface area contributed by atoms with Gasteiger partial charge in [0.2, 0.25) is 0 Å². The average Bonchev–Trinajstić information content (AvgIpc) is 2.60. The first-order valence-corrected chi connectivity index (χ1v) is 4.96. The van der Waals surface area contributed by atoms with Crippen LogP contribution in [0.15, 0.2) is 0 Å². The molecule has 0 spiro atoms. The van der Waals surface area contributed by atoms with Crippen LogP contribution >= 0.6 is 0 Å². The first-order valence-electron chi connectivity index (χ1n) is 4.96. The summed E-state index contributed by atoms with van der Waals surface area (Å²) in [5.41, 5.74) is 6.29. The van der Waals surface area contributed by atoms with E-state index in [2.05, 4.69) is 6.92 Å². The lowest BCUT2D eigenvalue weighted by Gasteiger charge is -2.26. The van der Waals surface area contributed by atoms with Crippen LogP contribution in [-0.2, 0) is 0 Å². The van der Waals surface area contributed by atoms with Gasteiger partial charge in [0.15, 0.2) is 0 Å². The van der Waals surface area contributed by atoms with E-state index in [9.17, 15) is 0 Å². The fourth-order valence-electron chi connectivity index (χ4n) is 2.43. The molecule has 2 fully saturated rings. The summed E-state index contributed by atoms with van der Waals surface area (Å²) in [5, 5.41) is 0. The molecule has 2 N–H and O–H groups in total. The Balaban J connectivity index is 1.90. The van der Waals surface area contributed by atoms with Gasteiger partial charge in [-0.3, -0.25) is 0 Å². The van der Waals surface area contributed by atoms with Crippen molar-refractivity contribution in [2.75, 3.05) is 0 Å². The second-order valence-corrected chi connectivity index (χ2v) is 4.84. The smallest absolute Gasteiger partial charge is 0.0126 e. The highest BCUT2D eigenvalue weighted by atomic mass is 14.7. The van der Waals surface area contributed by atoms with E-state index in [4.69, 9.17) is 5.73 Å². The van der Waals surface area contributed by atoms with Gasteiger partial charge in [0.1, 0.15) is 0 Å². The Bertz CT molecular complexity index is 151. The van der Waals surface area contributed by atoms with Gasteiger partial charge in [-0.05, 0) is 44.4 Å². The van der Waals surface area contributed by atoms with Crippen LogP contribution < -0.4 is 5.73 Å². The maximum absolute atomic E-state index is 6.13. The molecule has 0 aromatic carbocycles. The van der Waals surface area contributed by atoms with Crippen LogP contribution in [0.25, 0.3) is 0 Å². The molecule has 1 heteroatoms. The molecule has 0 radical (unpaired) electrons. The third-order valence-electron chi connectivity index (χ3n) is 3.48. The first kappa shape index (κ1) is 7.60. The third-order valence-corrected chi connectivity index (χ3v) is 3.48. The van der Waals surface area contributed by atoms with Gasteiger partial charge in [0.25, 0.3) is 0 Å². The summed E-state index contributed by atoms with van der Waals surface area (Å²) < 4.78 is 0. The molecule has 1 nitrogen and oxygen atoms in total. The van der Waals surface area contributed by atoms with Crippen molar-refractivity contribution in [2.45, 2.75) is 51.0 Å². The SMILES string of the molecule is CC1(N)CCCC2CC2CC1. The summed E-state index contributed by atoms with van der Waals surface area (Å²) in [7, 11) is 0. The average molecular weight is 153 g/mol. The number of hydrogen-bond donors (Lipinski definition) is 1. The lowest BCUT2D eigenvalue weighted by atomic mass is 9.87. The number of rotatable bonds is 0. The van der Waals surface area contributed by atoms with Gasteiger partial charge >= 0.3 is 0 Å². The fourth-order valence-corrected chi connectivity index (χ4v) is 2.43. The van der Waals surface area contributed by atoms with E-state index in [1.807, 2.05) is 0 Å². The van der Waals surface area contributed by atoms with Gasteiger partial charge in [0, 0.05) is 5.54 Å². The van der Waals surface area contributed by atoms with Crippen molar-refractivity contribution in [3.05, 3.63) is 0 Å². The van der Waals surface area contributed by atoms with Crippen LogP contribution in [0.1, 0.15) is 45.4 Å². The third kappa shape index (κ3) is 1.76. The number of hydrogen-bond acceptors (Lipinski definition) is 1. The summed E-state index contributed by atoms with van der Waals surface area (Å²) in [6, 6.07) is 0. The monoisotopic (exact) mass is 153 g/mol. The van der Waals surface area contributed by atoms with Crippen LogP contribution in [0, 0.1) is 11.8 Å². The van der Waals surface area contributed by atoms with Crippen molar-refractivity contribution >= 4 is 0 Å². The van der Waals surface area contributed by atoms with Crippen molar-refractivity contribution in [3.8, 4) is 0 Å². The van der Waals surface area contributed by atoms with Crippen molar-refractivity contribution in [2.24, 2.45) is 17.6 Å². The van der Waals surface area contributed by atoms with Crippen LogP contribution in [0.4, 0.5) is 0 Å². The Morgan fingerprint density at radius 2 is 1.91 bits per heavy atom. The molecule has 11 heavy (non-hydrogen) atoms. The Morgan fingerprint density at radius 3 is 2.73 bits per heavy atom. The Labute approximate surface area is 69.4 Å². The van der Waals surface area contributed by atoms with Gasteiger partial charge in [-0.1, -0.05) is 12.8 Å². The Morgan fingerprint density at radius 1 is 1.18 bits per heavy atom. The van der Waals surface area contributed by atoms with Gasteiger partial charge < -0.3 is 5.73 Å². The minimum Gasteiger partial charge on any atom is -0.325 e. The molecule has 64 valence electrons. The van der Waals surface area contributed by atoms with Crippen molar-refractivity contribution < 1.29 is 0 Å². The Hall–Kier alpha value is -0.0400. The normalized spacial score (nSPS) is 50.7. The quantitative estimate of drug-likeness (QED) is 0.568. The highest BCUT2D eigenvalue weighted by Gasteiger charge is 2.38. The highest BCUT2D eigenvalue weighted by Crippen LogP contribution is 2.48. The molecular formula is C10H19N. The maximum atomic E-state index is 6.13. The molecule has 0 saturated heterocycles. The molecule has 3 unspecified atom stereocenters. The minimum atomic E-state index is 0.160. The number of nitrogens with two attached hydrogens (primary N) is 1. The molecule has 2 rings (SSSR count). The Kier molecular flexibility index (Phi) is 1.71. The first-order chi connectivity index (χ1) is 5.17. The predicted molar refractivity (Wildman–Crippen MR) is 47.3 cm³/mol. The summed E-state index contributed by atoms with van der Waals surface area (Å²) in [4.78, 5) is 0. The predicted octanol–water partition coefficient (Wildman–Crippen LogP) is 2.30. The van der Waals surface area contributed by atoms with E-state index < -0.39 is 0 Å². The molecule has 3 atom stereocenters. The summed E-state index contributed by atoms with van der Waals surface area (Å²) in [6.45, 7) is 2.22. The molecule has 0 bridgehead atoms. The molecule has 2 aliphatic rings.